The number of ketones is 1. The SMILES string of the molecule is COc1ccc(C(=O)[C@@H]2[C@H]3C(=O)N(c4ccccc4F)C(=O)[C@@H]3[C@H]3c4ccccc4C=NN23)cc1. The Hall–Kier alpha value is -4.33. The third-order valence-corrected chi connectivity index (χ3v) is 7.03. The summed E-state index contributed by atoms with van der Waals surface area (Å²) in [6, 6.07) is 18.1. The average Bonchev–Trinajstić information content (AvgIpc) is 3.36. The van der Waals surface area contributed by atoms with E-state index in [1.807, 2.05) is 24.3 Å². The van der Waals surface area contributed by atoms with Gasteiger partial charge in [0.1, 0.15) is 17.6 Å². The highest BCUT2D eigenvalue weighted by molar-refractivity contribution is 6.24. The van der Waals surface area contributed by atoms with E-state index in [1.54, 1.807) is 41.6 Å². The Bertz CT molecular complexity index is 1400. The average molecular weight is 469 g/mol. The molecule has 174 valence electrons. The summed E-state index contributed by atoms with van der Waals surface area (Å²) in [5, 5.41) is 6.11. The van der Waals surface area contributed by atoms with Gasteiger partial charge in [0, 0.05) is 5.56 Å². The maximum atomic E-state index is 14.7. The predicted molar refractivity (Wildman–Crippen MR) is 126 cm³/mol. The van der Waals surface area contributed by atoms with Gasteiger partial charge in [-0.25, -0.2) is 9.29 Å². The molecule has 0 aliphatic carbocycles. The number of amides is 2. The van der Waals surface area contributed by atoms with Crippen LogP contribution in [0.2, 0.25) is 0 Å². The molecule has 2 saturated heterocycles. The molecule has 0 unspecified atom stereocenters. The van der Waals surface area contributed by atoms with Crippen LogP contribution in [0, 0.1) is 17.7 Å². The number of anilines is 1. The lowest BCUT2D eigenvalue weighted by atomic mass is 9.83. The maximum absolute atomic E-state index is 14.7. The molecular weight excluding hydrogens is 449 g/mol. The van der Waals surface area contributed by atoms with E-state index < -0.39 is 41.6 Å². The van der Waals surface area contributed by atoms with Gasteiger partial charge in [0.15, 0.2) is 5.78 Å². The monoisotopic (exact) mass is 469 g/mol. The van der Waals surface area contributed by atoms with Gasteiger partial charge in [0.05, 0.1) is 36.9 Å². The first-order chi connectivity index (χ1) is 17.0. The number of methoxy groups -OCH3 is 1. The maximum Gasteiger partial charge on any atom is 0.240 e. The van der Waals surface area contributed by atoms with Gasteiger partial charge < -0.3 is 4.74 Å². The van der Waals surface area contributed by atoms with E-state index >= 15 is 0 Å². The number of carbonyl (C=O) groups excluding carboxylic acids is 3. The topological polar surface area (TPSA) is 79.3 Å². The molecule has 0 aromatic heterocycles. The first-order valence-electron chi connectivity index (χ1n) is 11.2. The normalized spacial score (nSPS) is 24.3. The van der Waals surface area contributed by atoms with Gasteiger partial charge >= 0.3 is 0 Å². The first kappa shape index (κ1) is 21.2. The molecule has 35 heavy (non-hydrogen) atoms. The number of halogens is 1. The van der Waals surface area contributed by atoms with Crippen LogP contribution in [-0.4, -0.2) is 42.0 Å². The van der Waals surface area contributed by atoms with Crippen molar-refractivity contribution in [3.63, 3.8) is 0 Å². The smallest absolute Gasteiger partial charge is 0.240 e. The third-order valence-electron chi connectivity index (χ3n) is 7.03. The lowest BCUT2D eigenvalue weighted by Crippen LogP contribution is -2.44. The Morgan fingerprint density at radius 3 is 2.34 bits per heavy atom. The number of nitrogens with zero attached hydrogens (tertiary/aromatic N) is 3. The summed E-state index contributed by atoms with van der Waals surface area (Å²) in [7, 11) is 1.53. The molecule has 4 atom stereocenters. The number of Topliss-reactive ketones (excluding diaryl/α,β-unsaturated/α-hetero) is 1. The second-order valence-corrected chi connectivity index (χ2v) is 8.75. The Labute approximate surface area is 200 Å². The summed E-state index contributed by atoms with van der Waals surface area (Å²) in [5.74, 6) is -3.44. The fraction of sp³-hybridized carbons (Fsp3) is 0.185. The molecule has 2 fully saturated rings. The van der Waals surface area contributed by atoms with Crippen molar-refractivity contribution in [2.75, 3.05) is 12.0 Å². The Balaban J connectivity index is 1.49. The van der Waals surface area contributed by atoms with Crippen LogP contribution in [0.1, 0.15) is 27.5 Å². The molecule has 0 N–H and O–H groups in total. The minimum absolute atomic E-state index is 0.105. The summed E-state index contributed by atoms with van der Waals surface area (Å²) in [4.78, 5) is 42.2. The van der Waals surface area contributed by atoms with Crippen molar-refractivity contribution in [3.8, 4) is 5.75 Å². The minimum Gasteiger partial charge on any atom is -0.497 e. The molecule has 2 amide bonds. The van der Waals surface area contributed by atoms with Gasteiger partial charge in [0.25, 0.3) is 0 Å². The number of carbonyl (C=O) groups is 3. The van der Waals surface area contributed by atoms with Gasteiger partial charge in [-0.15, -0.1) is 0 Å². The van der Waals surface area contributed by atoms with Gasteiger partial charge in [-0.3, -0.25) is 19.4 Å². The molecule has 0 bridgehead atoms. The summed E-state index contributed by atoms with van der Waals surface area (Å²) < 4.78 is 19.9. The number of para-hydroxylation sites is 1. The van der Waals surface area contributed by atoms with Crippen LogP contribution in [-0.2, 0) is 9.59 Å². The van der Waals surface area contributed by atoms with Crippen molar-refractivity contribution >= 4 is 29.5 Å². The van der Waals surface area contributed by atoms with Gasteiger partial charge in [-0.05, 0) is 47.5 Å². The largest absolute Gasteiger partial charge is 0.497 e. The fourth-order valence-corrected chi connectivity index (χ4v) is 5.47. The van der Waals surface area contributed by atoms with Crippen molar-refractivity contribution in [1.82, 2.24) is 5.01 Å². The van der Waals surface area contributed by atoms with E-state index in [1.165, 1.54) is 25.3 Å². The summed E-state index contributed by atoms with van der Waals surface area (Å²) in [6.07, 6.45) is 1.64. The lowest BCUT2D eigenvalue weighted by Gasteiger charge is -2.33. The third kappa shape index (κ3) is 3.02. The fourth-order valence-electron chi connectivity index (χ4n) is 5.47. The number of hydrogen-bond acceptors (Lipinski definition) is 6. The number of imide groups is 1. The Kier molecular flexibility index (Phi) is 4.77. The molecule has 3 aromatic rings. The van der Waals surface area contributed by atoms with Crippen LogP contribution in [0.4, 0.5) is 10.1 Å². The van der Waals surface area contributed by atoms with Gasteiger partial charge in [0.2, 0.25) is 11.8 Å². The number of fused-ring (bicyclic) bond motifs is 5. The Morgan fingerprint density at radius 2 is 1.60 bits per heavy atom. The van der Waals surface area contributed by atoms with Crippen molar-refractivity contribution < 1.29 is 23.5 Å². The molecule has 7 nitrogen and oxygen atoms in total. The summed E-state index contributed by atoms with van der Waals surface area (Å²) in [5.41, 5.74) is 1.88. The number of benzene rings is 3. The van der Waals surface area contributed by atoms with E-state index in [0.717, 1.165) is 16.0 Å². The minimum atomic E-state index is -1.02. The van der Waals surface area contributed by atoms with Crippen molar-refractivity contribution in [3.05, 3.63) is 95.3 Å². The highest BCUT2D eigenvalue weighted by Crippen LogP contribution is 2.53. The highest BCUT2D eigenvalue weighted by Gasteiger charge is 2.65. The van der Waals surface area contributed by atoms with E-state index in [9.17, 15) is 18.8 Å². The van der Waals surface area contributed by atoms with Crippen LogP contribution in [0.5, 0.6) is 5.75 Å². The van der Waals surface area contributed by atoms with Crippen LogP contribution in [0.3, 0.4) is 0 Å². The quantitative estimate of drug-likeness (QED) is 0.431. The standard InChI is InChI=1S/C27H20FN3O4/c1-35-17-12-10-15(11-13-17)25(32)24-22-21(23-18-7-3-2-6-16(18)14-29-31(23)24)26(33)30(27(22)34)20-9-5-4-8-19(20)28/h2-14,21-24H,1H3/t21-,22-,23+,24-/m0/s1. The van der Waals surface area contributed by atoms with Gasteiger partial charge in [-0.1, -0.05) is 36.4 Å². The van der Waals surface area contributed by atoms with Crippen LogP contribution >= 0.6 is 0 Å². The Morgan fingerprint density at radius 1 is 0.914 bits per heavy atom. The van der Waals surface area contributed by atoms with E-state index in [0.29, 0.717) is 11.3 Å². The second kappa shape index (κ2) is 7.87. The number of rotatable bonds is 4. The molecule has 8 heteroatoms. The predicted octanol–water partition coefficient (Wildman–Crippen LogP) is 3.60. The van der Waals surface area contributed by atoms with Crippen LogP contribution in [0.25, 0.3) is 0 Å². The van der Waals surface area contributed by atoms with E-state index in [-0.39, 0.29) is 11.5 Å². The molecule has 6 rings (SSSR count). The molecule has 3 aromatic carbocycles. The zero-order valence-electron chi connectivity index (χ0n) is 18.7. The zero-order chi connectivity index (χ0) is 24.3. The van der Waals surface area contributed by atoms with E-state index in [2.05, 4.69) is 5.10 Å². The molecule has 0 radical (unpaired) electrons. The molecule has 3 aliphatic heterocycles. The van der Waals surface area contributed by atoms with Crippen LogP contribution in [0.15, 0.2) is 77.9 Å². The van der Waals surface area contributed by atoms with Crippen molar-refractivity contribution in [2.45, 2.75) is 12.1 Å². The van der Waals surface area contributed by atoms with Crippen LogP contribution < -0.4 is 9.64 Å². The summed E-state index contributed by atoms with van der Waals surface area (Å²) in [6.45, 7) is 0. The van der Waals surface area contributed by atoms with Crippen molar-refractivity contribution in [1.29, 1.82) is 0 Å². The lowest BCUT2D eigenvalue weighted by molar-refractivity contribution is -0.124. The molecular formula is C27H20FN3O4. The highest BCUT2D eigenvalue weighted by atomic mass is 19.1. The molecule has 0 spiro atoms. The van der Waals surface area contributed by atoms with Gasteiger partial charge in [-0.2, -0.15) is 5.10 Å². The molecule has 3 aliphatic rings. The summed E-state index contributed by atoms with van der Waals surface area (Å²) >= 11 is 0. The number of hydrogen-bond donors (Lipinski definition) is 0. The molecule has 3 heterocycles. The van der Waals surface area contributed by atoms with E-state index in [4.69, 9.17) is 4.74 Å². The zero-order valence-corrected chi connectivity index (χ0v) is 18.7. The number of hydrazone groups is 1. The second-order valence-electron chi connectivity index (χ2n) is 8.75. The molecule has 0 saturated carbocycles. The first-order valence-corrected chi connectivity index (χ1v) is 11.2. The van der Waals surface area contributed by atoms with Crippen molar-refractivity contribution in [2.24, 2.45) is 16.9 Å². The number of ether oxygens (including phenoxy) is 1.